The maximum atomic E-state index is 13.2. The Labute approximate surface area is 252 Å². The van der Waals surface area contributed by atoms with E-state index in [0.29, 0.717) is 27.4 Å². The Morgan fingerprint density at radius 1 is 1.16 bits per heavy atom. The summed E-state index contributed by atoms with van der Waals surface area (Å²) in [5.74, 6) is -4.34. The van der Waals surface area contributed by atoms with Crippen LogP contribution in [0.4, 0.5) is 18.9 Å². The summed E-state index contributed by atoms with van der Waals surface area (Å²) >= 11 is 7.82. The van der Waals surface area contributed by atoms with Gasteiger partial charge in [0.2, 0.25) is 17.7 Å². The van der Waals surface area contributed by atoms with Crippen LogP contribution in [0.25, 0.3) is 21.3 Å². The molecular weight excluding hydrogens is 609 g/mol. The molecule has 4 heterocycles. The van der Waals surface area contributed by atoms with E-state index in [9.17, 15) is 32.3 Å². The van der Waals surface area contributed by atoms with Gasteiger partial charge in [0.15, 0.2) is 0 Å². The van der Waals surface area contributed by atoms with E-state index in [2.05, 4.69) is 15.1 Å². The van der Waals surface area contributed by atoms with Gasteiger partial charge in [-0.1, -0.05) is 25.4 Å². The first-order valence-electron chi connectivity index (χ1n) is 13.5. The summed E-state index contributed by atoms with van der Waals surface area (Å²) < 4.78 is 38.6. The van der Waals surface area contributed by atoms with Gasteiger partial charge in [-0.05, 0) is 48.6 Å². The lowest BCUT2D eigenvalue weighted by Crippen LogP contribution is -2.35. The number of rotatable bonds is 6. The Morgan fingerprint density at radius 2 is 1.86 bits per heavy atom. The number of halogens is 4. The van der Waals surface area contributed by atoms with Gasteiger partial charge in [0.1, 0.15) is 0 Å². The summed E-state index contributed by atoms with van der Waals surface area (Å²) in [6.45, 7) is 5.58. The molecule has 6 rings (SSSR count). The number of nitrogens with zero attached hydrogens (tertiary/aromatic N) is 3. The predicted molar refractivity (Wildman–Crippen MR) is 152 cm³/mol. The number of likely N-dealkylation sites (tertiary alicyclic amines) is 1. The largest absolute Gasteiger partial charge is 0.492 e. The second-order valence-electron chi connectivity index (χ2n) is 11.7. The highest BCUT2D eigenvalue weighted by Gasteiger charge is 2.72. The monoisotopic (exact) mass is 634 g/mol. The highest BCUT2D eigenvalue weighted by atomic mass is 35.5. The number of amides is 3. The van der Waals surface area contributed by atoms with Crippen molar-refractivity contribution >= 4 is 62.5 Å². The van der Waals surface area contributed by atoms with Crippen molar-refractivity contribution in [3.8, 4) is 11.1 Å². The molecule has 3 aliphatic rings. The van der Waals surface area contributed by atoms with Gasteiger partial charge in [-0.2, -0.15) is 13.2 Å². The molecule has 1 aliphatic carbocycles. The number of anilines is 1. The Kier molecular flexibility index (Phi) is 7.05. The number of benzene rings is 1. The van der Waals surface area contributed by atoms with Gasteiger partial charge in [-0.15, -0.1) is 16.4 Å². The number of imide groups is 1. The van der Waals surface area contributed by atoms with E-state index in [0.717, 1.165) is 20.2 Å². The van der Waals surface area contributed by atoms with E-state index in [1.807, 2.05) is 19.9 Å². The number of aryl methyl sites for hydroxylation is 1. The predicted octanol–water partition coefficient (Wildman–Crippen LogP) is 5.35. The number of fused-ring (bicyclic) bond motifs is 2. The molecule has 43 heavy (non-hydrogen) atoms. The number of carbonyl (C=O) groups excluding carboxylic acids is 4. The minimum Gasteiger partial charge on any atom is -0.361 e. The van der Waals surface area contributed by atoms with Crippen molar-refractivity contribution in [1.82, 2.24) is 14.9 Å². The molecule has 9 nitrogen and oxygen atoms in total. The van der Waals surface area contributed by atoms with Crippen molar-refractivity contribution in [1.29, 1.82) is 0 Å². The number of thiophene rings is 1. The van der Waals surface area contributed by atoms with Crippen LogP contribution in [0.3, 0.4) is 0 Å². The molecule has 226 valence electrons. The smallest absolute Gasteiger partial charge is 0.361 e. The fourth-order valence-electron chi connectivity index (χ4n) is 6.13. The van der Waals surface area contributed by atoms with Gasteiger partial charge >= 0.3 is 12.1 Å². The lowest BCUT2D eigenvalue weighted by molar-refractivity contribution is -0.235. The normalized spacial score (nSPS) is 23.1. The zero-order valence-electron chi connectivity index (χ0n) is 23.3. The average molecular weight is 635 g/mol. The molecule has 0 radical (unpaired) electrons. The molecule has 1 saturated carbocycles. The zero-order valence-corrected chi connectivity index (χ0v) is 24.8. The molecule has 3 amide bonds. The molecule has 3 atom stereocenters. The number of hydrogen-bond donors (Lipinski definition) is 1. The Balaban J connectivity index is 1.25. The quantitative estimate of drug-likeness (QED) is 0.364. The first kappa shape index (κ1) is 29.5. The molecule has 3 aromatic rings. The van der Waals surface area contributed by atoms with Gasteiger partial charge in [0.25, 0.3) is 0 Å². The second kappa shape index (κ2) is 10.3. The van der Waals surface area contributed by atoms with E-state index in [4.69, 9.17) is 11.6 Å². The standard InChI is InChI=1S/C29H26ClF3N4O5S/c1-13-8-15(30)9-18(22(13)35-24(38)14-5-7-36(11-14)42-27(41)29(31,32)33)17-4-6-34-19-10-16(43-23(17)19)12-37-25(39)20-21(26(37)40)28(20,2)3/h4,6,8-10,14,20-21H,5,7,11-12H2,1-3H3,(H,35,38)/t14-,20?,21?/m0/s1. The second-order valence-corrected chi connectivity index (χ2v) is 13.3. The number of alkyl halides is 3. The lowest BCUT2D eigenvalue weighted by Gasteiger charge is -2.19. The summed E-state index contributed by atoms with van der Waals surface area (Å²) in [6.07, 6.45) is -3.33. The van der Waals surface area contributed by atoms with Gasteiger partial charge in [0, 0.05) is 40.3 Å². The number of aromatic nitrogens is 1. The first-order valence-corrected chi connectivity index (χ1v) is 14.7. The fourth-order valence-corrected chi connectivity index (χ4v) is 7.54. The molecule has 2 aliphatic heterocycles. The Bertz CT molecular complexity index is 1680. The first-order chi connectivity index (χ1) is 20.2. The van der Waals surface area contributed by atoms with Crippen LogP contribution in [-0.2, 0) is 30.6 Å². The van der Waals surface area contributed by atoms with Crippen LogP contribution in [-0.4, -0.2) is 57.9 Å². The average Bonchev–Trinajstić information content (AvgIpc) is 3.32. The summed E-state index contributed by atoms with van der Waals surface area (Å²) in [5, 5.41) is 4.18. The minimum atomic E-state index is -5.13. The third kappa shape index (κ3) is 5.17. The Hall–Kier alpha value is -3.55. The Morgan fingerprint density at radius 3 is 2.53 bits per heavy atom. The van der Waals surface area contributed by atoms with Crippen LogP contribution >= 0.6 is 22.9 Å². The third-order valence-electron chi connectivity index (χ3n) is 8.47. The van der Waals surface area contributed by atoms with Gasteiger partial charge in [-0.25, -0.2) is 4.79 Å². The summed E-state index contributed by atoms with van der Waals surface area (Å²) in [7, 11) is 0. The number of carbonyl (C=O) groups is 4. The van der Waals surface area contributed by atoms with Crippen LogP contribution < -0.4 is 5.32 Å². The van der Waals surface area contributed by atoms with Crippen molar-refractivity contribution in [2.24, 2.45) is 23.2 Å². The number of hydroxylamine groups is 2. The van der Waals surface area contributed by atoms with Crippen LogP contribution in [0.15, 0.2) is 30.5 Å². The van der Waals surface area contributed by atoms with Crippen molar-refractivity contribution in [2.45, 2.75) is 39.9 Å². The lowest BCUT2D eigenvalue weighted by atomic mass is 9.99. The van der Waals surface area contributed by atoms with E-state index in [1.54, 1.807) is 31.3 Å². The summed E-state index contributed by atoms with van der Waals surface area (Å²) in [4.78, 5) is 61.2. The maximum absolute atomic E-state index is 13.2. The molecule has 0 spiro atoms. The van der Waals surface area contributed by atoms with E-state index in [-0.39, 0.29) is 55.1 Å². The van der Waals surface area contributed by atoms with Crippen LogP contribution in [0.1, 0.15) is 30.7 Å². The van der Waals surface area contributed by atoms with E-state index < -0.39 is 24.0 Å². The molecule has 2 saturated heterocycles. The fraction of sp³-hybridized carbons (Fsp3) is 0.414. The zero-order chi connectivity index (χ0) is 31.0. The molecule has 0 bridgehead atoms. The molecular formula is C29H26ClF3N4O5S. The molecule has 2 aromatic heterocycles. The maximum Gasteiger partial charge on any atom is 0.492 e. The van der Waals surface area contributed by atoms with Crippen LogP contribution in [0.5, 0.6) is 0 Å². The molecule has 14 heteroatoms. The summed E-state index contributed by atoms with van der Waals surface area (Å²) in [6, 6.07) is 7.00. The molecule has 1 aromatic carbocycles. The van der Waals surface area contributed by atoms with Crippen LogP contribution in [0, 0.1) is 30.1 Å². The highest BCUT2D eigenvalue weighted by Crippen LogP contribution is 2.63. The van der Waals surface area contributed by atoms with Crippen molar-refractivity contribution in [3.05, 3.63) is 45.9 Å². The van der Waals surface area contributed by atoms with Crippen molar-refractivity contribution < 1.29 is 37.2 Å². The van der Waals surface area contributed by atoms with Gasteiger partial charge < -0.3 is 10.2 Å². The number of pyridine rings is 1. The van der Waals surface area contributed by atoms with E-state index >= 15 is 0 Å². The van der Waals surface area contributed by atoms with Crippen LogP contribution in [0.2, 0.25) is 5.02 Å². The summed E-state index contributed by atoms with van der Waals surface area (Å²) in [5.41, 5.74) is 2.80. The number of piperidine rings is 1. The number of hydrogen-bond acceptors (Lipinski definition) is 8. The topological polar surface area (TPSA) is 109 Å². The highest BCUT2D eigenvalue weighted by molar-refractivity contribution is 7.19. The SMILES string of the molecule is Cc1cc(Cl)cc(-c2ccnc3cc(CN4C(=O)C5C(C4=O)C5(C)C)sc23)c1NC(=O)[C@H]1CCN(OC(=O)C(F)(F)F)C1. The van der Waals surface area contributed by atoms with E-state index in [1.165, 1.54) is 16.2 Å². The van der Waals surface area contributed by atoms with Gasteiger partial charge in [-0.3, -0.25) is 24.3 Å². The minimum absolute atomic E-state index is 0.0175. The molecule has 1 N–H and O–H groups in total. The third-order valence-corrected chi connectivity index (χ3v) is 9.83. The van der Waals surface area contributed by atoms with Crippen molar-refractivity contribution in [3.63, 3.8) is 0 Å². The molecule has 2 unspecified atom stereocenters. The van der Waals surface area contributed by atoms with Crippen molar-refractivity contribution in [2.75, 3.05) is 18.4 Å². The number of nitrogens with one attached hydrogen (secondary N) is 1. The van der Waals surface area contributed by atoms with Gasteiger partial charge in [0.05, 0.1) is 40.2 Å². The molecule has 3 fully saturated rings.